The van der Waals surface area contributed by atoms with E-state index in [0.29, 0.717) is 0 Å². The van der Waals surface area contributed by atoms with Gasteiger partial charge in [-0.3, -0.25) is 0 Å². The Balaban J connectivity index is 1.92. The van der Waals surface area contributed by atoms with Crippen molar-refractivity contribution in [1.82, 2.24) is 0 Å². The van der Waals surface area contributed by atoms with Crippen molar-refractivity contribution in [1.29, 1.82) is 0 Å². The number of hydrogen-bond acceptors (Lipinski definition) is 2. The highest BCUT2D eigenvalue weighted by atomic mass is 32.2. The molecule has 3 aromatic carbocycles. The maximum Gasteiger partial charge on any atom is 0.0555 e. The molecule has 0 aliphatic carbocycles. The lowest BCUT2D eigenvalue weighted by atomic mass is 10.2. The minimum absolute atomic E-state index is 1.11. The van der Waals surface area contributed by atoms with Gasteiger partial charge >= 0.3 is 0 Å². The average molecular weight is 291 g/mol. The van der Waals surface area contributed by atoms with E-state index in [0.717, 1.165) is 5.69 Å². The molecular weight excluding hydrogens is 274 g/mol. The van der Waals surface area contributed by atoms with E-state index in [1.165, 1.54) is 21.0 Å². The molecular formula is C19H17NS. The van der Waals surface area contributed by atoms with Crippen LogP contribution < -0.4 is 5.32 Å². The van der Waals surface area contributed by atoms with Gasteiger partial charge in [-0.1, -0.05) is 60.3 Å². The highest BCUT2D eigenvalue weighted by Gasteiger charge is 2.07. The summed E-state index contributed by atoms with van der Waals surface area (Å²) in [6.45, 7) is 2.14. The second-order valence-corrected chi connectivity index (χ2v) is 5.97. The molecule has 0 aliphatic heterocycles. The average Bonchev–Trinajstić information content (AvgIpc) is 2.53. The number of benzene rings is 3. The van der Waals surface area contributed by atoms with Crippen LogP contribution in [-0.2, 0) is 0 Å². The Bertz CT molecular complexity index is 708. The van der Waals surface area contributed by atoms with Gasteiger partial charge in [0.1, 0.15) is 0 Å². The zero-order valence-electron chi connectivity index (χ0n) is 11.9. The molecule has 2 heteroatoms. The highest BCUT2D eigenvalue weighted by Crippen LogP contribution is 2.36. The molecule has 0 saturated carbocycles. The second kappa shape index (κ2) is 6.51. The molecule has 21 heavy (non-hydrogen) atoms. The molecule has 0 spiro atoms. The predicted octanol–water partition coefficient (Wildman–Crippen LogP) is 5.89. The van der Waals surface area contributed by atoms with Crippen LogP contribution in [0.2, 0.25) is 0 Å². The number of rotatable bonds is 4. The van der Waals surface area contributed by atoms with Gasteiger partial charge in [-0.25, -0.2) is 0 Å². The second-order valence-electron chi connectivity index (χ2n) is 4.85. The molecule has 104 valence electrons. The Hall–Kier alpha value is -2.19. The summed E-state index contributed by atoms with van der Waals surface area (Å²) in [5, 5.41) is 3.54. The standard InChI is InChI=1S/C19H17NS/c1-15-9-8-14-18(21-17-12-6-3-7-13-17)19(15)20-16-10-4-2-5-11-16/h2-14,20H,1H3. The van der Waals surface area contributed by atoms with Crippen molar-refractivity contribution in [2.75, 3.05) is 5.32 Å². The molecule has 0 atom stereocenters. The summed E-state index contributed by atoms with van der Waals surface area (Å²) in [5.74, 6) is 0. The molecule has 0 heterocycles. The predicted molar refractivity (Wildman–Crippen MR) is 91.5 cm³/mol. The third-order valence-electron chi connectivity index (χ3n) is 3.25. The van der Waals surface area contributed by atoms with Gasteiger partial charge in [0.15, 0.2) is 0 Å². The van der Waals surface area contributed by atoms with E-state index >= 15 is 0 Å². The van der Waals surface area contributed by atoms with Crippen molar-refractivity contribution in [3.05, 3.63) is 84.4 Å². The Morgan fingerprint density at radius 2 is 1.38 bits per heavy atom. The zero-order chi connectivity index (χ0) is 14.5. The van der Waals surface area contributed by atoms with E-state index in [2.05, 4.69) is 66.8 Å². The molecule has 0 fully saturated rings. The Kier molecular flexibility index (Phi) is 4.27. The fourth-order valence-corrected chi connectivity index (χ4v) is 3.18. The zero-order valence-corrected chi connectivity index (χ0v) is 12.7. The van der Waals surface area contributed by atoms with E-state index in [-0.39, 0.29) is 0 Å². The summed E-state index contributed by atoms with van der Waals surface area (Å²) >= 11 is 1.79. The molecule has 0 amide bonds. The van der Waals surface area contributed by atoms with E-state index in [1.54, 1.807) is 11.8 Å². The van der Waals surface area contributed by atoms with Gasteiger partial charge in [0.05, 0.1) is 5.69 Å². The summed E-state index contributed by atoms with van der Waals surface area (Å²) in [7, 11) is 0. The third kappa shape index (κ3) is 3.47. The molecule has 0 bridgehead atoms. The normalized spacial score (nSPS) is 10.3. The smallest absolute Gasteiger partial charge is 0.0555 e. The maximum absolute atomic E-state index is 3.54. The van der Waals surface area contributed by atoms with Crippen LogP contribution in [0.15, 0.2) is 88.7 Å². The molecule has 0 saturated heterocycles. The molecule has 3 aromatic rings. The van der Waals surface area contributed by atoms with Gasteiger partial charge in [0.25, 0.3) is 0 Å². The maximum atomic E-state index is 3.54. The van der Waals surface area contributed by atoms with Crippen molar-refractivity contribution in [3.63, 3.8) is 0 Å². The van der Waals surface area contributed by atoms with Crippen LogP contribution in [-0.4, -0.2) is 0 Å². The van der Waals surface area contributed by atoms with Gasteiger partial charge in [0, 0.05) is 15.5 Å². The number of anilines is 2. The summed E-state index contributed by atoms with van der Waals surface area (Å²) in [5.41, 5.74) is 3.54. The summed E-state index contributed by atoms with van der Waals surface area (Å²) < 4.78 is 0. The van der Waals surface area contributed by atoms with E-state index in [9.17, 15) is 0 Å². The van der Waals surface area contributed by atoms with E-state index in [4.69, 9.17) is 0 Å². The van der Waals surface area contributed by atoms with Gasteiger partial charge < -0.3 is 5.32 Å². The molecule has 0 aromatic heterocycles. The van der Waals surface area contributed by atoms with Crippen molar-refractivity contribution >= 4 is 23.1 Å². The van der Waals surface area contributed by atoms with Crippen LogP contribution in [0.25, 0.3) is 0 Å². The summed E-state index contributed by atoms with van der Waals surface area (Å²) in [6.07, 6.45) is 0. The fourth-order valence-electron chi connectivity index (χ4n) is 2.17. The van der Waals surface area contributed by atoms with Gasteiger partial charge in [-0.2, -0.15) is 0 Å². The van der Waals surface area contributed by atoms with Gasteiger partial charge in [-0.15, -0.1) is 0 Å². The Morgan fingerprint density at radius 3 is 2.10 bits per heavy atom. The number of nitrogens with one attached hydrogen (secondary N) is 1. The van der Waals surface area contributed by atoms with Crippen molar-refractivity contribution < 1.29 is 0 Å². The Morgan fingerprint density at radius 1 is 0.714 bits per heavy atom. The van der Waals surface area contributed by atoms with Crippen LogP contribution in [0.4, 0.5) is 11.4 Å². The first kappa shape index (κ1) is 13.8. The lowest BCUT2D eigenvalue weighted by Gasteiger charge is -2.14. The minimum atomic E-state index is 1.11. The van der Waals surface area contributed by atoms with Gasteiger partial charge in [-0.05, 0) is 42.8 Å². The Labute approximate surface area is 130 Å². The van der Waals surface area contributed by atoms with Crippen molar-refractivity contribution in [2.45, 2.75) is 16.7 Å². The molecule has 0 radical (unpaired) electrons. The van der Waals surface area contributed by atoms with Crippen LogP contribution in [0, 0.1) is 6.92 Å². The van der Waals surface area contributed by atoms with Crippen molar-refractivity contribution in [3.8, 4) is 0 Å². The third-order valence-corrected chi connectivity index (χ3v) is 4.32. The summed E-state index contributed by atoms with van der Waals surface area (Å²) in [6, 6.07) is 27.2. The number of aryl methyl sites for hydroxylation is 1. The molecule has 0 aliphatic rings. The van der Waals surface area contributed by atoms with E-state index < -0.39 is 0 Å². The topological polar surface area (TPSA) is 12.0 Å². The fraction of sp³-hybridized carbons (Fsp3) is 0.0526. The quantitative estimate of drug-likeness (QED) is 0.643. The number of hydrogen-bond donors (Lipinski definition) is 1. The molecule has 1 nitrogen and oxygen atoms in total. The molecule has 3 rings (SSSR count). The first-order valence-corrected chi connectivity index (χ1v) is 7.79. The minimum Gasteiger partial charge on any atom is -0.354 e. The van der Waals surface area contributed by atoms with E-state index in [1.807, 2.05) is 24.3 Å². The summed E-state index contributed by atoms with van der Waals surface area (Å²) in [4.78, 5) is 2.49. The molecule has 0 unspecified atom stereocenters. The lowest BCUT2D eigenvalue weighted by molar-refractivity contribution is 1.32. The van der Waals surface area contributed by atoms with Gasteiger partial charge in [0.2, 0.25) is 0 Å². The van der Waals surface area contributed by atoms with Crippen molar-refractivity contribution in [2.24, 2.45) is 0 Å². The highest BCUT2D eigenvalue weighted by molar-refractivity contribution is 7.99. The SMILES string of the molecule is Cc1cccc(Sc2ccccc2)c1Nc1ccccc1. The van der Waals surface area contributed by atoms with Crippen LogP contribution in [0.1, 0.15) is 5.56 Å². The number of para-hydroxylation sites is 2. The first-order valence-electron chi connectivity index (χ1n) is 6.97. The monoisotopic (exact) mass is 291 g/mol. The van der Waals surface area contributed by atoms with Crippen LogP contribution >= 0.6 is 11.8 Å². The first-order chi connectivity index (χ1) is 10.3. The van der Waals surface area contributed by atoms with Crippen LogP contribution in [0.3, 0.4) is 0 Å². The van der Waals surface area contributed by atoms with Crippen LogP contribution in [0.5, 0.6) is 0 Å². The largest absolute Gasteiger partial charge is 0.354 e. The lowest BCUT2D eigenvalue weighted by Crippen LogP contribution is -1.95. The molecule has 1 N–H and O–H groups in total.